The number of fused-ring (bicyclic) bond motifs is 1. The SMILES string of the molecule is O=c1[nH]c(N2CCOC(c3ccccc3Cl)C2)nc2ccccc12. The van der Waals surface area contributed by atoms with Crippen molar-refractivity contribution in [1.29, 1.82) is 0 Å². The highest BCUT2D eigenvalue weighted by Crippen LogP contribution is 2.29. The molecule has 0 spiro atoms. The summed E-state index contributed by atoms with van der Waals surface area (Å²) in [5.41, 5.74) is 1.51. The summed E-state index contributed by atoms with van der Waals surface area (Å²) in [5, 5.41) is 1.28. The molecule has 0 radical (unpaired) electrons. The lowest BCUT2D eigenvalue weighted by molar-refractivity contribution is 0.0393. The molecule has 1 N–H and O–H groups in total. The Labute approximate surface area is 143 Å². The van der Waals surface area contributed by atoms with Crippen LogP contribution in [-0.2, 0) is 4.74 Å². The highest BCUT2D eigenvalue weighted by atomic mass is 35.5. The van der Waals surface area contributed by atoms with Crippen molar-refractivity contribution in [1.82, 2.24) is 9.97 Å². The lowest BCUT2D eigenvalue weighted by Crippen LogP contribution is -2.40. The van der Waals surface area contributed by atoms with Crippen LogP contribution in [-0.4, -0.2) is 29.7 Å². The Hall–Kier alpha value is -2.37. The zero-order valence-electron chi connectivity index (χ0n) is 12.9. The number of aromatic amines is 1. The van der Waals surface area contributed by atoms with Gasteiger partial charge in [-0.3, -0.25) is 9.78 Å². The van der Waals surface area contributed by atoms with Crippen molar-refractivity contribution in [2.45, 2.75) is 6.10 Å². The van der Waals surface area contributed by atoms with Crippen LogP contribution in [0.15, 0.2) is 53.3 Å². The molecule has 1 fully saturated rings. The minimum absolute atomic E-state index is 0.128. The number of hydrogen-bond donors (Lipinski definition) is 1. The van der Waals surface area contributed by atoms with Gasteiger partial charge in [-0.05, 0) is 18.2 Å². The summed E-state index contributed by atoms with van der Waals surface area (Å²) in [4.78, 5) is 21.8. The molecule has 1 unspecified atom stereocenters. The zero-order valence-corrected chi connectivity index (χ0v) is 13.7. The van der Waals surface area contributed by atoms with E-state index in [-0.39, 0.29) is 11.7 Å². The van der Waals surface area contributed by atoms with Crippen LogP contribution in [0.5, 0.6) is 0 Å². The van der Waals surface area contributed by atoms with Gasteiger partial charge in [-0.25, -0.2) is 4.98 Å². The standard InChI is InChI=1S/C18H16ClN3O2/c19-14-7-3-1-5-12(14)16-11-22(9-10-24-16)18-20-15-8-4-2-6-13(15)17(23)21-18/h1-8,16H,9-11H2,(H,20,21,23). The molecule has 0 aliphatic carbocycles. The highest BCUT2D eigenvalue weighted by molar-refractivity contribution is 6.31. The quantitative estimate of drug-likeness (QED) is 0.778. The van der Waals surface area contributed by atoms with Crippen molar-refractivity contribution in [3.05, 3.63) is 69.5 Å². The first kappa shape index (κ1) is 15.2. The lowest BCUT2D eigenvalue weighted by Gasteiger charge is -2.33. The smallest absolute Gasteiger partial charge is 0.260 e. The molecule has 122 valence electrons. The third-order valence-electron chi connectivity index (χ3n) is 4.22. The van der Waals surface area contributed by atoms with E-state index in [2.05, 4.69) is 9.97 Å². The van der Waals surface area contributed by atoms with Crippen LogP contribution in [0.2, 0.25) is 5.02 Å². The fourth-order valence-corrected chi connectivity index (χ4v) is 3.25. The first-order valence-corrected chi connectivity index (χ1v) is 8.20. The molecule has 1 aliphatic rings. The number of nitrogens with one attached hydrogen (secondary N) is 1. The number of rotatable bonds is 2. The van der Waals surface area contributed by atoms with Crippen molar-refractivity contribution in [2.24, 2.45) is 0 Å². The zero-order chi connectivity index (χ0) is 16.5. The maximum atomic E-state index is 12.3. The van der Waals surface area contributed by atoms with E-state index in [4.69, 9.17) is 16.3 Å². The molecule has 1 aromatic heterocycles. The van der Waals surface area contributed by atoms with Crippen LogP contribution in [0.25, 0.3) is 10.9 Å². The summed E-state index contributed by atoms with van der Waals surface area (Å²) in [6.45, 7) is 1.81. The van der Waals surface area contributed by atoms with E-state index in [9.17, 15) is 4.79 Å². The fourth-order valence-electron chi connectivity index (χ4n) is 2.99. The van der Waals surface area contributed by atoms with E-state index in [0.717, 1.165) is 5.56 Å². The van der Waals surface area contributed by atoms with Gasteiger partial charge in [-0.2, -0.15) is 0 Å². The molecule has 0 bridgehead atoms. The molecule has 2 heterocycles. The summed E-state index contributed by atoms with van der Waals surface area (Å²) in [6.07, 6.45) is -0.149. The maximum absolute atomic E-state index is 12.3. The number of ether oxygens (including phenoxy) is 1. The van der Waals surface area contributed by atoms with E-state index in [1.807, 2.05) is 47.4 Å². The van der Waals surface area contributed by atoms with Crippen LogP contribution in [0.1, 0.15) is 11.7 Å². The normalized spacial score (nSPS) is 18.0. The van der Waals surface area contributed by atoms with Crippen LogP contribution in [0.4, 0.5) is 5.95 Å². The minimum atomic E-state index is -0.149. The second kappa shape index (κ2) is 6.26. The summed E-state index contributed by atoms with van der Waals surface area (Å²) in [5.74, 6) is 0.569. The molecule has 0 amide bonds. The molecule has 1 saturated heterocycles. The van der Waals surface area contributed by atoms with Crippen LogP contribution in [0, 0.1) is 0 Å². The number of halogens is 1. The maximum Gasteiger partial charge on any atom is 0.260 e. The summed E-state index contributed by atoms with van der Waals surface area (Å²) < 4.78 is 5.87. The topological polar surface area (TPSA) is 58.2 Å². The highest BCUT2D eigenvalue weighted by Gasteiger charge is 2.25. The number of hydrogen-bond acceptors (Lipinski definition) is 4. The van der Waals surface area contributed by atoms with Gasteiger partial charge in [-0.15, -0.1) is 0 Å². The summed E-state index contributed by atoms with van der Waals surface area (Å²) in [6, 6.07) is 15.0. The van der Waals surface area contributed by atoms with Crippen molar-refractivity contribution >= 4 is 28.5 Å². The lowest BCUT2D eigenvalue weighted by atomic mass is 10.1. The number of benzene rings is 2. The third kappa shape index (κ3) is 2.77. The molecule has 0 saturated carbocycles. The van der Waals surface area contributed by atoms with E-state index in [0.29, 0.717) is 41.6 Å². The summed E-state index contributed by atoms with van der Waals surface area (Å²) >= 11 is 6.28. The summed E-state index contributed by atoms with van der Waals surface area (Å²) in [7, 11) is 0. The minimum Gasteiger partial charge on any atom is -0.370 e. The molecule has 6 heteroatoms. The Morgan fingerprint density at radius 1 is 1.17 bits per heavy atom. The molecular formula is C18H16ClN3O2. The predicted octanol–water partition coefficient (Wildman–Crippen LogP) is 3.15. The molecule has 1 atom stereocenters. The van der Waals surface area contributed by atoms with Gasteiger partial charge >= 0.3 is 0 Å². The monoisotopic (exact) mass is 341 g/mol. The number of anilines is 1. The number of para-hydroxylation sites is 1. The van der Waals surface area contributed by atoms with Crippen molar-refractivity contribution in [3.8, 4) is 0 Å². The second-order valence-electron chi connectivity index (χ2n) is 5.73. The predicted molar refractivity (Wildman–Crippen MR) is 94.7 cm³/mol. The molecule has 4 rings (SSSR count). The van der Waals surface area contributed by atoms with E-state index in [1.165, 1.54) is 0 Å². The number of aromatic nitrogens is 2. The first-order valence-electron chi connectivity index (χ1n) is 7.82. The molecule has 1 aliphatic heterocycles. The van der Waals surface area contributed by atoms with Gasteiger partial charge in [0, 0.05) is 17.1 Å². The van der Waals surface area contributed by atoms with Crippen molar-refractivity contribution in [2.75, 3.05) is 24.6 Å². The largest absolute Gasteiger partial charge is 0.370 e. The second-order valence-corrected chi connectivity index (χ2v) is 6.14. The van der Waals surface area contributed by atoms with E-state index in [1.54, 1.807) is 6.07 Å². The average molecular weight is 342 g/mol. The Kier molecular flexibility index (Phi) is 3.96. The van der Waals surface area contributed by atoms with Gasteiger partial charge in [0.25, 0.3) is 5.56 Å². The van der Waals surface area contributed by atoms with Crippen LogP contribution < -0.4 is 10.5 Å². The van der Waals surface area contributed by atoms with E-state index >= 15 is 0 Å². The Bertz CT molecular complexity index is 941. The number of nitrogens with zero attached hydrogens (tertiary/aromatic N) is 2. The van der Waals surface area contributed by atoms with Crippen molar-refractivity contribution < 1.29 is 4.74 Å². The van der Waals surface area contributed by atoms with Gasteiger partial charge in [0.1, 0.15) is 6.10 Å². The molecule has 2 aromatic carbocycles. The van der Waals surface area contributed by atoms with Gasteiger partial charge < -0.3 is 9.64 Å². The Balaban J connectivity index is 1.67. The Morgan fingerprint density at radius 3 is 2.83 bits per heavy atom. The number of morpholine rings is 1. The van der Waals surface area contributed by atoms with Crippen LogP contribution in [0.3, 0.4) is 0 Å². The first-order chi connectivity index (χ1) is 11.7. The van der Waals surface area contributed by atoms with E-state index < -0.39 is 0 Å². The van der Waals surface area contributed by atoms with Gasteiger partial charge in [0.05, 0.1) is 24.1 Å². The average Bonchev–Trinajstić information content (AvgIpc) is 2.62. The number of H-pyrrole nitrogens is 1. The molecule has 24 heavy (non-hydrogen) atoms. The Morgan fingerprint density at radius 2 is 1.96 bits per heavy atom. The molecular weight excluding hydrogens is 326 g/mol. The third-order valence-corrected chi connectivity index (χ3v) is 4.56. The van der Waals surface area contributed by atoms with Gasteiger partial charge in [-0.1, -0.05) is 41.9 Å². The van der Waals surface area contributed by atoms with Gasteiger partial charge in [0.2, 0.25) is 5.95 Å². The van der Waals surface area contributed by atoms with Gasteiger partial charge in [0.15, 0.2) is 0 Å². The van der Waals surface area contributed by atoms with Crippen LogP contribution >= 0.6 is 11.6 Å². The van der Waals surface area contributed by atoms with Crippen molar-refractivity contribution in [3.63, 3.8) is 0 Å². The fraction of sp³-hybridized carbons (Fsp3) is 0.222. The molecule has 3 aromatic rings. The molecule has 5 nitrogen and oxygen atoms in total.